The Hall–Kier alpha value is -1.47. The van der Waals surface area contributed by atoms with E-state index in [0.29, 0.717) is 0 Å². The summed E-state index contributed by atoms with van der Waals surface area (Å²) >= 11 is 4.32. The van der Waals surface area contributed by atoms with Crippen LogP contribution in [0.4, 0.5) is 0 Å². The van der Waals surface area contributed by atoms with Crippen LogP contribution in [0.5, 0.6) is 0 Å². The molecule has 2 aromatic rings. The maximum atomic E-state index is 4.33. The molecule has 0 atom stereocenters. The Morgan fingerprint density at radius 2 is 1.68 bits per heavy atom. The van der Waals surface area contributed by atoms with Crippen LogP contribution in [0, 0.1) is 13.8 Å². The SMILES string of the molecule is C=C(c1cccc(C)c1)c1cc(C)ccc1CCCS.CC. The minimum Gasteiger partial charge on any atom is -0.179 e. The molecule has 22 heavy (non-hydrogen) atoms. The lowest BCUT2D eigenvalue weighted by atomic mass is 9.91. The molecule has 0 fully saturated rings. The summed E-state index contributed by atoms with van der Waals surface area (Å²) in [6, 6.07) is 15.2. The van der Waals surface area contributed by atoms with Gasteiger partial charge in [0.1, 0.15) is 0 Å². The van der Waals surface area contributed by atoms with Crippen LogP contribution in [0.15, 0.2) is 49.0 Å². The topological polar surface area (TPSA) is 0 Å². The molecule has 0 aliphatic carbocycles. The first kappa shape index (κ1) is 18.6. The van der Waals surface area contributed by atoms with Crippen LogP contribution in [0.1, 0.15) is 48.1 Å². The van der Waals surface area contributed by atoms with E-state index in [0.717, 1.165) is 24.2 Å². The van der Waals surface area contributed by atoms with Crippen LogP contribution in [0.25, 0.3) is 5.57 Å². The van der Waals surface area contributed by atoms with Crippen LogP contribution in [-0.2, 0) is 6.42 Å². The highest BCUT2D eigenvalue weighted by atomic mass is 32.1. The van der Waals surface area contributed by atoms with Gasteiger partial charge < -0.3 is 0 Å². The zero-order valence-electron chi connectivity index (χ0n) is 14.3. The van der Waals surface area contributed by atoms with E-state index in [1.165, 1.54) is 27.8 Å². The van der Waals surface area contributed by atoms with Crippen molar-refractivity contribution in [3.8, 4) is 0 Å². The molecule has 0 spiro atoms. The van der Waals surface area contributed by atoms with Crippen LogP contribution in [-0.4, -0.2) is 5.75 Å². The number of hydrogen-bond donors (Lipinski definition) is 1. The van der Waals surface area contributed by atoms with Gasteiger partial charge >= 0.3 is 0 Å². The molecule has 0 N–H and O–H groups in total. The van der Waals surface area contributed by atoms with E-state index in [1.807, 2.05) is 13.8 Å². The van der Waals surface area contributed by atoms with Gasteiger partial charge in [0.25, 0.3) is 0 Å². The van der Waals surface area contributed by atoms with E-state index in [4.69, 9.17) is 0 Å². The Morgan fingerprint density at radius 1 is 1.00 bits per heavy atom. The predicted molar refractivity (Wildman–Crippen MR) is 104 cm³/mol. The maximum Gasteiger partial charge on any atom is -0.00947 e. The van der Waals surface area contributed by atoms with Crippen molar-refractivity contribution in [3.05, 3.63) is 76.9 Å². The molecule has 0 saturated carbocycles. The molecule has 118 valence electrons. The van der Waals surface area contributed by atoms with Gasteiger partial charge in [-0.3, -0.25) is 0 Å². The van der Waals surface area contributed by atoms with Gasteiger partial charge in [0, 0.05) is 0 Å². The Balaban J connectivity index is 0.00000116. The summed E-state index contributed by atoms with van der Waals surface area (Å²) in [4.78, 5) is 0. The smallest absolute Gasteiger partial charge is 0.00947 e. The number of hydrogen-bond acceptors (Lipinski definition) is 1. The van der Waals surface area contributed by atoms with Gasteiger partial charge in [-0.2, -0.15) is 12.6 Å². The predicted octanol–water partition coefficient (Wildman–Crippen LogP) is 6.25. The van der Waals surface area contributed by atoms with Crippen molar-refractivity contribution < 1.29 is 0 Å². The molecule has 2 rings (SSSR count). The molecule has 0 saturated heterocycles. The fourth-order valence-electron chi connectivity index (χ4n) is 2.45. The first-order valence-electron chi connectivity index (χ1n) is 8.08. The second-order valence-electron chi connectivity index (χ2n) is 5.34. The Labute approximate surface area is 141 Å². The molecule has 0 nitrogen and oxygen atoms in total. The zero-order chi connectivity index (χ0) is 16.5. The van der Waals surface area contributed by atoms with E-state index < -0.39 is 0 Å². The van der Waals surface area contributed by atoms with Gasteiger partial charge in [-0.05, 0) is 54.7 Å². The monoisotopic (exact) mass is 312 g/mol. The van der Waals surface area contributed by atoms with Crippen molar-refractivity contribution in [2.75, 3.05) is 5.75 Å². The standard InChI is InChI=1S/C19H22S.C2H6/c1-14-6-4-7-18(12-14)16(3)19-13-15(2)9-10-17(19)8-5-11-20;1-2/h4,6-7,9-10,12-13,20H,3,5,8,11H2,1-2H3;1-2H3. The number of benzene rings is 2. The second kappa shape index (κ2) is 9.53. The summed E-state index contributed by atoms with van der Waals surface area (Å²) in [5, 5.41) is 0. The van der Waals surface area contributed by atoms with Crippen molar-refractivity contribution in [1.29, 1.82) is 0 Å². The third-order valence-corrected chi connectivity index (χ3v) is 3.88. The molecule has 0 aliphatic heterocycles. The van der Waals surface area contributed by atoms with Gasteiger partial charge in [-0.25, -0.2) is 0 Å². The molecular weight excluding hydrogens is 284 g/mol. The Bertz CT molecular complexity index is 611. The van der Waals surface area contributed by atoms with Crippen LogP contribution >= 0.6 is 12.6 Å². The Morgan fingerprint density at radius 3 is 2.32 bits per heavy atom. The van der Waals surface area contributed by atoms with E-state index in [-0.39, 0.29) is 0 Å². The molecular formula is C21H28S. The summed E-state index contributed by atoms with van der Waals surface area (Å²) in [6.07, 6.45) is 2.16. The highest BCUT2D eigenvalue weighted by molar-refractivity contribution is 7.80. The van der Waals surface area contributed by atoms with Gasteiger partial charge in [-0.1, -0.05) is 74.0 Å². The van der Waals surface area contributed by atoms with Gasteiger partial charge in [0.2, 0.25) is 0 Å². The average molecular weight is 313 g/mol. The van der Waals surface area contributed by atoms with Crippen molar-refractivity contribution in [2.24, 2.45) is 0 Å². The van der Waals surface area contributed by atoms with Crippen LogP contribution in [0.3, 0.4) is 0 Å². The lowest BCUT2D eigenvalue weighted by Gasteiger charge is -2.14. The zero-order valence-corrected chi connectivity index (χ0v) is 15.2. The highest BCUT2D eigenvalue weighted by Crippen LogP contribution is 2.27. The molecule has 0 bridgehead atoms. The molecule has 0 heterocycles. The molecule has 0 aliphatic rings. The van der Waals surface area contributed by atoms with Gasteiger partial charge in [-0.15, -0.1) is 0 Å². The average Bonchev–Trinajstić information content (AvgIpc) is 2.55. The maximum absolute atomic E-state index is 4.33. The lowest BCUT2D eigenvalue weighted by molar-refractivity contribution is 0.931. The summed E-state index contributed by atoms with van der Waals surface area (Å²) in [5.74, 6) is 0.921. The third kappa shape index (κ3) is 5.06. The second-order valence-corrected chi connectivity index (χ2v) is 5.78. The first-order valence-corrected chi connectivity index (χ1v) is 8.72. The van der Waals surface area contributed by atoms with Gasteiger partial charge in [0.15, 0.2) is 0 Å². The Kier molecular flexibility index (Phi) is 8.05. The molecule has 2 aromatic carbocycles. The normalized spacial score (nSPS) is 9.86. The summed E-state index contributed by atoms with van der Waals surface area (Å²) in [7, 11) is 0. The van der Waals surface area contributed by atoms with E-state index in [1.54, 1.807) is 0 Å². The van der Waals surface area contributed by atoms with Crippen LogP contribution < -0.4 is 0 Å². The molecule has 0 aromatic heterocycles. The minimum atomic E-state index is 0.921. The fourth-order valence-corrected chi connectivity index (χ4v) is 2.61. The number of aryl methyl sites for hydroxylation is 3. The van der Waals surface area contributed by atoms with Crippen molar-refractivity contribution in [1.82, 2.24) is 0 Å². The quantitative estimate of drug-likeness (QED) is 0.619. The van der Waals surface area contributed by atoms with Crippen molar-refractivity contribution >= 4 is 18.2 Å². The fraction of sp³-hybridized carbons (Fsp3) is 0.333. The van der Waals surface area contributed by atoms with E-state index in [2.05, 4.69) is 75.5 Å². The molecule has 0 radical (unpaired) electrons. The van der Waals surface area contributed by atoms with Crippen LogP contribution in [0.2, 0.25) is 0 Å². The largest absolute Gasteiger partial charge is 0.179 e. The third-order valence-electron chi connectivity index (χ3n) is 3.56. The summed E-state index contributed by atoms with van der Waals surface area (Å²) < 4.78 is 0. The molecule has 1 heteroatoms. The van der Waals surface area contributed by atoms with Crippen molar-refractivity contribution in [3.63, 3.8) is 0 Å². The van der Waals surface area contributed by atoms with E-state index >= 15 is 0 Å². The number of rotatable bonds is 5. The number of thiol groups is 1. The van der Waals surface area contributed by atoms with E-state index in [9.17, 15) is 0 Å². The highest BCUT2D eigenvalue weighted by Gasteiger charge is 2.08. The van der Waals surface area contributed by atoms with Gasteiger partial charge in [0.05, 0.1) is 0 Å². The molecule has 0 unspecified atom stereocenters. The summed E-state index contributed by atoms with van der Waals surface area (Å²) in [6.45, 7) is 12.6. The summed E-state index contributed by atoms with van der Waals surface area (Å²) in [5.41, 5.74) is 7.53. The van der Waals surface area contributed by atoms with Crippen molar-refractivity contribution in [2.45, 2.75) is 40.5 Å². The lowest BCUT2D eigenvalue weighted by Crippen LogP contribution is -1.97. The molecule has 0 amide bonds. The minimum absolute atomic E-state index is 0.921. The first-order chi connectivity index (χ1) is 10.6.